The second kappa shape index (κ2) is 5.55. The number of rotatable bonds is 5. The van der Waals surface area contributed by atoms with Gasteiger partial charge in [0.15, 0.2) is 0 Å². The van der Waals surface area contributed by atoms with Crippen LogP contribution in [0.2, 0.25) is 0 Å². The van der Waals surface area contributed by atoms with E-state index in [-0.39, 0.29) is 0 Å². The topological polar surface area (TPSA) is 29.9 Å². The van der Waals surface area contributed by atoms with E-state index in [1.165, 1.54) is 28.6 Å². The molecule has 1 aromatic carbocycles. The van der Waals surface area contributed by atoms with Crippen molar-refractivity contribution in [1.29, 1.82) is 0 Å². The highest BCUT2D eigenvalue weighted by atomic mass is 79.9. The minimum Gasteiger partial charge on any atom is -0.308 e. The maximum absolute atomic E-state index is 4.84. The van der Waals surface area contributed by atoms with E-state index in [2.05, 4.69) is 61.6 Å². The highest BCUT2D eigenvalue weighted by Gasteiger charge is 2.21. The fourth-order valence-electron chi connectivity index (χ4n) is 2.56. The maximum atomic E-state index is 4.84. The van der Waals surface area contributed by atoms with Gasteiger partial charge < -0.3 is 5.32 Å². The normalized spacial score (nSPS) is 14.9. The van der Waals surface area contributed by atoms with Crippen molar-refractivity contribution in [2.75, 3.05) is 0 Å². The van der Waals surface area contributed by atoms with Gasteiger partial charge >= 0.3 is 0 Å². The van der Waals surface area contributed by atoms with E-state index in [0.717, 1.165) is 23.3 Å². The van der Waals surface area contributed by atoms with E-state index < -0.39 is 0 Å². The third kappa shape index (κ3) is 2.91. The molecule has 3 aromatic rings. The van der Waals surface area contributed by atoms with Crippen LogP contribution in [0.3, 0.4) is 0 Å². The second-order valence-corrected chi connectivity index (χ2v) is 7.42. The number of nitrogens with one attached hydrogen (secondary N) is 1. The lowest BCUT2D eigenvalue weighted by Gasteiger charge is -2.00. The predicted octanol–water partition coefficient (Wildman–Crippen LogP) is 4.16. The molecule has 1 aliphatic carbocycles. The Labute approximate surface area is 136 Å². The van der Waals surface area contributed by atoms with Crippen LogP contribution in [0.15, 0.2) is 40.2 Å². The number of hydrogen-bond acceptors (Lipinski definition) is 3. The summed E-state index contributed by atoms with van der Waals surface area (Å²) in [4.78, 5) is 1.32. The first-order valence-corrected chi connectivity index (χ1v) is 8.87. The summed E-state index contributed by atoms with van der Waals surface area (Å²) in [7, 11) is 0. The highest BCUT2D eigenvalue weighted by molar-refractivity contribution is 9.10. The van der Waals surface area contributed by atoms with Crippen LogP contribution in [0, 0.1) is 0 Å². The van der Waals surface area contributed by atoms with Crippen molar-refractivity contribution in [3.63, 3.8) is 0 Å². The van der Waals surface area contributed by atoms with Crippen LogP contribution < -0.4 is 5.32 Å². The molecule has 0 saturated heterocycles. The molecule has 0 aliphatic heterocycles. The molecule has 5 heteroatoms. The summed E-state index contributed by atoms with van der Waals surface area (Å²) in [6, 6.07) is 11.4. The van der Waals surface area contributed by atoms with Gasteiger partial charge in [-0.05, 0) is 40.9 Å². The van der Waals surface area contributed by atoms with Gasteiger partial charge in [-0.25, -0.2) is 0 Å². The Morgan fingerprint density at radius 2 is 2.19 bits per heavy atom. The van der Waals surface area contributed by atoms with Crippen molar-refractivity contribution in [2.24, 2.45) is 0 Å². The number of aromatic nitrogens is 2. The zero-order chi connectivity index (χ0) is 14.2. The molecule has 0 unspecified atom stereocenters. The summed E-state index contributed by atoms with van der Waals surface area (Å²) in [5.74, 6) is 0. The predicted molar refractivity (Wildman–Crippen MR) is 90.7 cm³/mol. The molecule has 2 aromatic heterocycles. The molecule has 2 heterocycles. The lowest BCUT2D eigenvalue weighted by Crippen LogP contribution is -2.16. The average molecular weight is 362 g/mol. The first-order chi connectivity index (χ1) is 10.3. The van der Waals surface area contributed by atoms with E-state index in [1.807, 2.05) is 0 Å². The molecule has 0 radical (unpaired) electrons. The summed E-state index contributed by atoms with van der Waals surface area (Å²) >= 11 is 5.29. The van der Waals surface area contributed by atoms with Crippen molar-refractivity contribution in [3.8, 4) is 0 Å². The smallest absolute Gasteiger partial charge is 0.0841 e. The second-order valence-electron chi connectivity index (χ2n) is 5.51. The van der Waals surface area contributed by atoms with Gasteiger partial charge in [0.25, 0.3) is 0 Å². The van der Waals surface area contributed by atoms with Gasteiger partial charge in [0.05, 0.1) is 17.8 Å². The monoisotopic (exact) mass is 361 g/mol. The third-order valence-corrected chi connectivity index (χ3v) is 5.48. The molecule has 1 aliphatic rings. The van der Waals surface area contributed by atoms with Crippen LogP contribution in [-0.2, 0) is 13.1 Å². The maximum Gasteiger partial charge on any atom is 0.0841 e. The largest absolute Gasteiger partial charge is 0.308 e. The van der Waals surface area contributed by atoms with Crippen molar-refractivity contribution >= 4 is 38.2 Å². The van der Waals surface area contributed by atoms with E-state index in [9.17, 15) is 0 Å². The molecule has 0 amide bonds. The van der Waals surface area contributed by atoms with Crippen molar-refractivity contribution in [1.82, 2.24) is 15.1 Å². The molecule has 0 bridgehead atoms. The number of thiophene rings is 1. The number of fused-ring (bicyclic) bond motifs is 1. The van der Waals surface area contributed by atoms with E-state index in [4.69, 9.17) is 5.10 Å². The zero-order valence-corrected chi connectivity index (χ0v) is 14.0. The fraction of sp³-hybridized carbons (Fsp3) is 0.312. The summed E-state index contributed by atoms with van der Waals surface area (Å²) in [5, 5.41) is 11.8. The van der Waals surface area contributed by atoms with Crippen LogP contribution in [-0.4, -0.2) is 15.8 Å². The lowest BCUT2D eigenvalue weighted by molar-refractivity contribution is 0.642. The van der Waals surface area contributed by atoms with Gasteiger partial charge in [-0.1, -0.05) is 18.2 Å². The first-order valence-electron chi connectivity index (χ1n) is 7.20. The fourth-order valence-corrected chi connectivity index (χ4v) is 3.99. The number of benzene rings is 1. The third-order valence-electron chi connectivity index (χ3n) is 3.80. The lowest BCUT2D eigenvalue weighted by atomic mass is 10.2. The van der Waals surface area contributed by atoms with Crippen LogP contribution in [0.25, 0.3) is 10.9 Å². The first kappa shape index (κ1) is 13.5. The van der Waals surface area contributed by atoms with Crippen molar-refractivity contribution in [3.05, 3.63) is 50.8 Å². The van der Waals surface area contributed by atoms with E-state index in [0.29, 0.717) is 6.04 Å². The Hall–Kier alpha value is -1.17. The number of nitrogens with zero attached hydrogens (tertiary/aromatic N) is 2. The molecule has 21 heavy (non-hydrogen) atoms. The standard InChI is InChI=1S/C16H16BrN3S/c17-11-7-13(21-10-11)9-20-16-4-2-1-3-14(16)15(19-20)8-18-12-5-6-12/h1-4,7,10,12,18H,5-6,8-9H2. The molecule has 3 nitrogen and oxygen atoms in total. The number of hydrogen-bond donors (Lipinski definition) is 1. The SMILES string of the molecule is Brc1csc(Cn2nc(CNC3CC3)c3ccccc32)c1. The van der Waals surface area contributed by atoms with Gasteiger partial charge in [-0.3, -0.25) is 4.68 Å². The molecule has 1 N–H and O–H groups in total. The summed E-state index contributed by atoms with van der Waals surface area (Å²) in [6.07, 6.45) is 2.61. The molecule has 1 saturated carbocycles. The summed E-state index contributed by atoms with van der Waals surface area (Å²) in [6.45, 7) is 1.70. The highest BCUT2D eigenvalue weighted by Crippen LogP contribution is 2.25. The van der Waals surface area contributed by atoms with Crippen LogP contribution >= 0.6 is 27.3 Å². The summed E-state index contributed by atoms with van der Waals surface area (Å²) < 4.78 is 3.27. The van der Waals surface area contributed by atoms with Gasteiger partial charge in [-0.15, -0.1) is 11.3 Å². The molecule has 0 atom stereocenters. The van der Waals surface area contributed by atoms with Crippen molar-refractivity contribution < 1.29 is 0 Å². The molecule has 4 rings (SSSR count). The Kier molecular flexibility index (Phi) is 3.57. The molecular formula is C16H16BrN3S. The molecule has 0 spiro atoms. The minimum atomic E-state index is 0.710. The van der Waals surface area contributed by atoms with Crippen LogP contribution in [0.5, 0.6) is 0 Å². The minimum absolute atomic E-state index is 0.710. The Bertz CT molecular complexity index is 773. The van der Waals surface area contributed by atoms with Crippen LogP contribution in [0.4, 0.5) is 0 Å². The Balaban J connectivity index is 1.66. The van der Waals surface area contributed by atoms with Gasteiger partial charge in [-0.2, -0.15) is 5.10 Å². The molecular weight excluding hydrogens is 346 g/mol. The quantitative estimate of drug-likeness (QED) is 0.739. The number of para-hydroxylation sites is 1. The zero-order valence-electron chi connectivity index (χ0n) is 11.6. The van der Waals surface area contributed by atoms with E-state index >= 15 is 0 Å². The average Bonchev–Trinajstić information content (AvgIpc) is 3.15. The summed E-state index contributed by atoms with van der Waals surface area (Å²) in [5.41, 5.74) is 2.38. The van der Waals surface area contributed by atoms with Crippen molar-refractivity contribution in [2.45, 2.75) is 32.0 Å². The Morgan fingerprint density at radius 3 is 2.95 bits per heavy atom. The van der Waals surface area contributed by atoms with Crippen LogP contribution in [0.1, 0.15) is 23.4 Å². The van der Waals surface area contributed by atoms with Gasteiger partial charge in [0.1, 0.15) is 0 Å². The molecule has 108 valence electrons. The molecule has 1 fully saturated rings. The van der Waals surface area contributed by atoms with E-state index in [1.54, 1.807) is 11.3 Å². The number of halogens is 1. The van der Waals surface area contributed by atoms with Gasteiger partial charge in [0, 0.05) is 32.7 Å². The Morgan fingerprint density at radius 1 is 1.33 bits per heavy atom. The van der Waals surface area contributed by atoms with Gasteiger partial charge in [0.2, 0.25) is 0 Å².